The van der Waals surface area contributed by atoms with E-state index in [-0.39, 0.29) is 0 Å². The molecule has 0 bridgehead atoms. The summed E-state index contributed by atoms with van der Waals surface area (Å²) in [6.45, 7) is 2.00. The first-order valence-corrected chi connectivity index (χ1v) is 6.52. The summed E-state index contributed by atoms with van der Waals surface area (Å²) in [5, 5.41) is 4.03. The highest BCUT2D eigenvalue weighted by Crippen LogP contribution is 2.30. The van der Waals surface area contributed by atoms with E-state index in [1.54, 1.807) is 19.2 Å². The molecule has 0 unspecified atom stereocenters. The van der Waals surface area contributed by atoms with Crippen LogP contribution in [0, 0.1) is 6.92 Å². The Morgan fingerprint density at radius 1 is 1.10 bits per heavy atom. The summed E-state index contributed by atoms with van der Waals surface area (Å²) in [6.07, 6.45) is 0. The lowest BCUT2D eigenvalue weighted by molar-refractivity contribution is 0.413. The van der Waals surface area contributed by atoms with E-state index >= 15 is 0 Å². The first kappa shape index (κ1) is 13.2. The minimum absolute atomic E-state index is 0.452. The molecule has 0 aliphatic carbocycles. The number of hydrogen-bond donors (Lipinski definition) is 1. The summed E-state index contributed by atoms with van der Waals surface area (Å²) < 4.78 is 10.7. The number of aryl methyl sites for hydroxylation is 1. The highest BCUT2D eigenvalue weighted by atomic mass is 16.5. The van der Waals surface area contributed by atoms with E-state index in [0.717, 1.165) is 22.4 Å². The van der Waals surface area contributed by atoms with Crippen LogP contribution in [0.5, 0.6) is 5.75 Å². The molecule has 2 N–H and O–H groups in total. The number of aromatic nitrogens is 2. The quantitative estimate of drug-likeness (QED) is 0.745. The number of nitrogens with two attached hydrogens (primary N) is 1. The lowest BCUT2D eigenvalue weighted by Crippen LogP contribution is -1.90. The lowest BCUT2D eigenvalue weighted by atomic mass is 10.1. The van der Waals surface area contributed by atoms with Crippen molar-refractivity contribution in [3.05, 3.63) is 48.0 Å². The van der Waals surface area contributed by atoms with Crippen LogP contribution in [0.3, 0.4) is 0 Å². The first-order valence-electron chi connectivity index (χ1n) is 6.52. The van der Waals surface area contributed by atoms with Crippen LogP contribution in [0.2, 0.25) is 0 Å². The molecule has 0 fully saturated rings. The van der Waals surface area contributed by atoms with E-state index in [0.29, 0.717) is 17.4 Å². The minimum atomic E-state index is 0.452. The van der Waals surface area contributed by atoms with Crippen molar-refractivity contribution in [3.63, 3.8) is 0 Å². The van der Waals surface area contributed by atoms with Crippen LogP contribution >= 0.6 is 0 Å². The Morgan fingerprint density at radius 2 is 1.86 bits per heavy atom. The number of ether oxygens (including phenoxy) is 1. The Bertz CT molecular complexity index is 763. The van der Waals surface area contributed by atoms with Gasteiger partial charge in [-0.15, -0.1) is 0 Å². The van der Waals surface area contributed by atoms with Gasteiger partial charge in [-0.3, -0.25) is 0 Å². The number of hydrogen-bond acceptors (Lipinski definition) is 5. The third-order valence-corrected chi connectivity index (χ3v) is 3.18. The Morgan fingerprint density at radius 3 is 2.57 bits per heavy atom. The zero-order chi connectivity index (χ0) is 14.8. The molecule has 0 spiro atoms. The number of nitrogens with zero attached hydrogens (tertiary/aromatic N) is 2. The molecule has 0 saturated heterocycles. The van der Waals surface area contributed by atoms with E-state index in [1.165, 1.54) is 0 Å². The second-order valence-electron chi connectivity index (χ2n) is 4.75. The summed E-state index contributed by atoms with van der Waals surface area (Å²) in [4.78, 5) is 4.42. The molecule has 5 heteroatoms. The summed E-state index contributed by atoms with van der Waals surface area (Å²) in [5.74, 6) is 1.67. The van der Waals surface area contributed by atoms with Gasteiger partial charge in [0, 0.05) is 11.3 Å². The molecule has 2 aromatic carbocycles. The Balaban J connectivity index is 2.00. The molecular formula is C16H15N3O2. The number of rotatable bonds is 3. The fourth-order valence-corrected chi connectivity index (χ4v) is 2.06. The van der Waals surface area contributed by atoms with Crippen LogP contribution in [0.1, 0.15) is 5.56 Å². The molecule has 0 aliphatic heterocycles. The highest BCUT2D eigenvalue weighted by molar-refractivity contribution is 5.67. The average Bonchev–Trinajstić information content (AvgIpc) is 2.97. The molecular weight excluding hydrogens is 266 g/mol. The number of nitrogen functional groups attached to an aromatic ring is 1. The summed E-state index contributed by atoms with van der Waals surface area (Å²) in [6, 6.07) is 13.1. The van der Waals surface area contributed by atoms with Crippen LogP contribution in [-0.4, -0.2) is 17.3 Å². The molecule has 3 aromatic rings. The maximum Gasteiger partial charge on any atom is 0.258 e. The van der Waals surface area contributed by atoms with Gasteiger partial charge in [0.05, 0.1) is 12.7 Å². The van der Waals surface area contributed by atoms with Gasteiger partial charge in [0.15, 0.2) is 0 Å². The maximum absolute atomic E-state index is 5.67. The topological polar surface area (TPSA) is 74.2 Å². The van der Waals surface area contributed by atoms with Crippen molar-refractivity contribution in [2.75, 3.05) is 12.8 Å². The van der Waals surface area contributed by atoms with Crippen molar-refractivity contribution in [1.82, 2.24) is 10.1 Å². The molecule has 106 valence electrons. The highest BCUT2D eigenvalue weighted by Gasteiger charge is 2.14. The molecule has 5 nitrogen and oxygen atoms in total. The van der Waals surface area contributed by atoms with E-state index < -0.39 is 0 Å². The lowest BCUT2D eigenvalue weighted by Gasteiger charge is -2.05. The number of anilines is 1. The fourth-order valence-electron chi connectivity index (χ4n) is 2.06. The van der Waals surface area contributed by atoms with Crippen molar-refractivity contribution in [1.29, 1.82) is 0 Å². The van der Waals surface area contributed by atoms with Gasteiger partial charge < -0.3 is 15.0 Å². The van der Waals surface area contributed by atoms with E-state index in [4.69, 9.17) is 15.0 Å². The molecule has 0 aliphatic rings. The predicted molar refractivity (Wildman–Crippen MR) is 80.9 cm³/mol. The second-order valence-corrected chi connectivity index (χ2v) is 4.75. The van der Waals surface area contributed by atoms with Crippen molar-refractivity contribution in [3.8, 4) is 28.6 Å². The Hall–Kier alpha value is -2.82. The zero-order valence-electron chi connectivity index (χ0n) is 11.8. The minimum Gasteiger partial charge on any atom is -0.496 e. The van der Waals surface area contributed by atoms with Crippen molar-refractivity contribution in [2.24, 2.45) is 0 Å². The van der Waals surface area contributed by atoms with Crippen LogP contribution < -0.4 is 10.5 Å². The average molecular weight is 281 g/mol. The summed E-state index contributed by atoms with van der Waals surface area (Å²) in [5.41, 5.74) is 9.10. The Kier molecular flexibility index (Phi) is 3.31. The molecule has 0 radical (unpaired) electrons. The monoisotopic (exact) mass is 281 g/mol. The summed E-state index contributed by atoms with van der Waals surface area (Å²) in [7, 11) is 1.62. The summed E-state index contributed by atoms with van der Waals surface area (Å²) >= 11 is 0. The van der Waals surface area contributed by atoms with Gasteiger partial charge in [0.25, 0.3) is 5.89 Å². The van der Waals surface area contributed by atoms with Crippen LogP contribution in [0.15, 0.2) is 47.0 Å². The number of benzene rings is 2. The van der Waals surface area contributed by atoms with Crippen LogP contribution in [-0.2, 0) is 0 Å². The van der Waals surface area contributed by atoms with E-state index in [1.807, 2.05) is 37.3 Å². The van der Waals surface area contributed by atoms with Gasteiger partial charge in [-0.2, -0.15) is 4.98 Å². The van der Waals surface area contributed by atoms with Crippen LogP contribution in [0.4, 0.5) is 5.69 Å². The molecule has 1 heterocycles. The van der Waals surface area contributed by atoms with Gasteiger partial charge in [-0.05, 0) is 48.9 Å². The maximum atomic E-state index is 5.67. The van der Waals surface area contributed by atoms with Crippen molar-refractivity contribution >= 4 is 5.69 Å². The van der Waals surface area contributed by atoms with Gasteiger partial charge in [-0.25, -0.2) is 0 Å². The predicted octanol–water partition coefficient (Wildman–Crippen LogP) is 3.30. The molecule has 1 aromatic heterocycles. The zero-order valence-corrected chi connectivity index (χ0v) is 11.8. The van der Waals surface area contributed by atoms with E-state index in [9.17, 15) is 0 Å². The molecule has 0 atom stereocenters. The molecule has 0 amide bonds. The normalized spacial score (nSPS) is 10.6. The SMILES string of the molecule is COc1cc(C)ccc1-c1noc(-c2ccc(N)cc2)n1. The third-order valence-electron chi connectivity index (χ3n) is 3.18. The standard InChI is InChI=1S/C16H15N3O2/c1-10-3-8-13(14(9-10)20-2)15-18-16(21-19-15)11-4-6-12(17)7-5-11/h3-9H,17H2,1-2H3. The van der Waals surface area contributed by atoms with Crippen molar-refractivity contribution < 1.29 is 9.26 Å². The first-order chi connectivity index (χ1) is 10.2. The smallest absolute Gasteiger partial charge is 0.258 e. The van der Waals surface area contributed by atoms with Gasteiger partial charge in [0.2, 0.25) is 5.82 Å². The number of methoxy groups -OCH3 is 1. The van der Waals surface area contributed by atoms with Crippen LogP contribution in [0.25, 0.3) is 22.8 Å². The van der Waals surface area contributed by atoms with E-state index in [2.05, 4.69) is 10.1 Å². The molecule has 21 heavy (non-hydrogen) atoms. The molecule has 3 rings (SSSR count). The van der Waals surface area contributed by atoms with Gasteiger partial charge in [0.1, 0.15) is 5.75 Å². The largest absolute Gasteiger partial charge is 0.496 e. The third kappa shape index (κ3) is 2.58. The second kappa shape index (κ2) is 5.28. The fraction of sp³-hybridized carbons (Fsp3) is 0.125. The van der Waals surface area contributed by atoms with Gasteiger partial charge >= 0.3 is 0 Å². The van der Waals surface area contributed by atoms with Crippen molar-refractivity contribution in [2.45, 2.75) is 6.92 Å². The Labute approximate surface area is 122 Å². The molecule has 0 saturated carbocycles. The van der Waals surface area contributed by atoms with Gasteiger partial charge in [-0.1, -0.05) is 11.2 Å².